The fourth-order valence-corrected chi connectivity index (χ4v) is 2.20. The van der Waals surface area contributed by atoms with E-state index in [-0.39, 0.29) is 24.4 Å². The van der Waals surface area contributed by atoms with Crippen LogP contribution in [0.25, 0.3) is 0 Å². The van der Waals surface area contributed by atoms with Gasteiger partial charge in [0.05, 0.1) is 12.7 Å². The summed E-state index contributed by atoms with van der Waals surface area (Å²) in [5.74, 6) is 0.553. The number of ether oxygens (including phenoxy) is 3. The van der Waals surface area contributed by atoms with Crippen molar-refractivity contribution in [2.45, 2.75) is 25.0 Å². The molecule has 0 bridgehead atoms. The van der Waals surface area contributed by atoms with E-state index < -0.39 is 6.10 Å². The molecule has 1 heterocycles. The summed E-state index contributed by atoms with van der Waals surface area (Å²) in [4.78, 5) is 12.1. The number of hydrogen-bond donors (Lipinski definition) is 2. The smallest absolute Gasteiger partial charge is 0.253 e. The zero-order valence-electron chi connectivity index (χ0n) is 12.6. The first-order valence-corrected chi connectivity index (χ1v) is 7.11. The van der Waals surface area contributed by atoms with Gasteiger partial charge in [-0.1, -0.05) is 6.07 Å². The lowest BCUT2D eigenvalue weighted by molar-refractivity contribution is -0.126. The minimum Gasteiger partial charge on any atom is -0.491 e. The van der Waals surface area contributed by atoms with Crippen LogP contribution in [0.1, 0.15) is 12.8 Å². The third kappa shape index (κ3) is 5.46. The Labute approximate surface area is 136 Å². The zero-order valence-corrected chi connectivity index (χ0v) is 13.4. The average molecular weight is 331 g/mol. The van der Waals surface area contributed by atoms with Crippen LogP contribution in [-0.2, 0) is 14.3 Å². The lowest BCUT2D eigenvalue weighted by Gasteiger charge is -2.13. The van der Waals surface area contributed by atoms with Gasteiger partial charge in [-0.05, 0) is 25.0 Å². The van der Waals surface area contributed by atoms with Crippen molar-refractivity contribution < 1.29 is 19.0 Å². The molecule has 7 heteroatoms. The van der Waals surface area contributed by atoms with Gasteiger partial charge in [0.1, 0.15) is 18.5 Å². The van der Waals surface area contributed by atoms with Crippen LogP contribution in [0.3, 0.4) is 0 Å². The first-order chi connectivity index (χ1) is 10.2. The molecule has 1 fully saturated rings. The summed E-state index contributed by atoms with van der Waals surface area (Å²) < 4.78 is 16.0. The second kappa shape index (κ2) is 9.63. The minimum atomic E-state index is -0.420. The number of carbonyl (C=O) groups excluding carboxylic acids is 1. The molecule has 1 saturated heterocycles. The van der Waals surface area contributed by atoms with Crippen molar-refractivity contribution >= 4 is 24.0 Å². The maximum Gasteiger partial charge on any atom is 0.253 e. The molecule has 0 saturated carbocycles. The number of halogens is 1. The molecule has 0 aliphatic carbocycles. The van der Waals surface area contributed by atoms with E-state index in [1.807, 2.05) is 18.2 Å². The summed E-state index contributed by atoms with van der Waals surface area (Å²) in [5.41, 5.74) is 6.23. The molecule has 0 unspecified atom stereocenters. The van der Waals surface area contributed by atoms with Crippen LogP contribution in [0.15, 0.2) is 24.3 Å². The number of amides is 1. The lowest BCUT2D eigenvalue weighted by Crippen LogP contribution is -2.29. The zero-order chi connectivity index (χ0) is 15.1. The normalized spacial score (nSPS) is 20.3. The SMILES string of the molecule is COCCOc1cccc(NC(=O)[C@@H]2CC[C@H](CN)O2)c1.Cl. The lowest BCUT2D eigenvalue weighted by atomic mass is 10.2. The Kier molecular flexibility index (Phi) is 8.19. The number of nitrogens with one attached hydrogen (secondary N) is 1. The highest BCUT2D eigenvalue weighted by molar-refractivity contribution is 5.94. The molecule has 124 valence electrons. The molecule has 1 aromatic carbocycles. The molecule has 6 nitrogen and oxygen atoms in total. The number of rotatable bonds is 7. The van der Waals surface area contributed by atoms with Crippen molar-refractivity contribution in [3.63, 3.8) is 0 Å². The highest BCUT2D eigenvalue weighted by Gasteiger charge is 2.29. The Morgan fingerprint density at radius 3 is 2.91 bits per heavy atom. The van der Waals surface area contributed by atoms with Crippen molar-refractivity contribution in [1.82, 2.24) is 0 Å². The van der Waals surface area contributed by atoms with E-state index in [1.165, 1.54) is 0 Å². The summed E-state index contributed by atoms with van der Waals surface area (Å²) in [6.45, 7) is 1.44. The van der Waals surface area contributed by atoms with Gasteiger partial charge in [-0.2, -0.15) is 0 Å². The number of nitrogens with two attached hydrogens (primary N) is 1. The van der Waals surface area contributed by atoms with Gasteiger partial charge in [-0.3, -0.25) is 4.79 Å². The van der Waals surface area contributed by atoms with E-state index in [2.05, 4.69) is 5.32 Å². The van der Waals surface area contributed by atoms with Crippen LogP contribution in [0.4, 0.5) is 5.69 Å². The molecule has 2 atom stereocenters. The second-order valence-corrected chi connectivity index (χ2v) is 4.92. The Morgan fingerprint density at radius 2 is 2.23 bits per heavy atom. The summed E-state index contributed by atoms with van der Waals surface area (Å²) in [6.07, 6.45) is 1.10. The van der Waals surface area contributed by atoms with E-state index in [0.29, 0.717) is 37.6 Å². The fraction of sp³-hybridized carbons (Fsp3) is 0.533. The van der Waals surface area contributed by atoms with E-state index in [9.17, 15) is 4.79 Å². The van der Waals surface area contributed by atoms with Gasteiger partial charge in [0, 0.05) is 25.4 Å². The van der Waals surface area contributed by atoms with Gasteiger partial charge < -0.3 is 25.3 Å². The molecule has 2 rings (SSSR count). The molecule has 3 N–H and O–H groups in total. The standard InChI is InChI=1S/C15H22N2O4.ClH/c1-19-7-8-20-12-4-2-3-11(9-12)17-15(18)14-6-5-13(10-16)21-14;/h2-4,9,13-14H,5-8,10,16H2,1H3,(H,17,18);1H/t13-,14+;/m1./s1. The molecular formula is C15H23ClN2O4. The van der Waals surface area contributed by atoms with Gasteiger partial charge >= 0.3 is 0 Å². The topological polar surface area (TPSA) is 82.8 Å². The monoisotopic (exact) mass is 330 g/mol. The summed E-state index contributed by atoms with van der Waals surface area (Å²) in [7, 11) is 1.62. The quantitative estimate of drug-likeness (QED) is 0.742. The second-order valence-electron chi connectivity index (χ2n) is 4.92. The van der Waals surface area contributed by atoms with Crippen LogP contribution in [0, 0.1) is 0 Å². The minimum absolute atomic E-state index is 0. The summed E-state index contributed by atoms with van der Waals surface area (Å²) in [5, 5.41) is 2.84. The Bertz CT molecular complexity index is 473. The molecule has 1 aliphatic heterocycles. The fourth-order valence-electron chi connectivity index (χ4n) is 2.20. The Morgan fingerprint density at radius 1 is 1.41 bits per heavy atom. The molecule has 0 aromatic heterocycles. The van der Waals surface area contributed by atoms with Gasteiger partial charge in [0.25, 0.3) is 5.91 Å². The molecular weight excluding hydrogens is 308 g/mol. The van der Waals surface area contributed by atoms with Gasteiger partial charge in [-0.15, -0.1) is 12.4 Å². The maximum atomic E-state index is 12.1. The van der Waals surface area contributed by atoms with Crippen LogP contribution in [0.2, 0.25) is 0 Å². The van der Waals surface area contributed by atoms with Crippen molar-refractivity contribution in [2.75, 3.05) is 32.2 Å². The third-order valence-corrected chi connectivity index (χ3v) is 3.32. The first kappa shape index (κ1) is 18.7. The molecule has 1 aliphatic rings. The first-order valence-electron chi connectivity index (χ1n) is 7.11. The largest absolute Gasteiger partial charge is 0.491 e. The summed E-state index contributed by atoms with van der Waals surface area (Å²) >= 11 is 0. The number of carbonyl (C=O) groups is 1. The maximum absolute atomic E-state index is 12.1. The number of methoxy groups -OCH3 is 1. The van der Waals surface area contributed by atoms with E-state index in [1.54, 1.807) is 13.2 Å². The Balaban J connectivity index is 0.00000242. The third-order valence-electron chi connectivity index (χ3n) is 3.32. The van der Waals surface area contributed by atoms with Gasteiger partial charge in [0.15, 0.2) is 0 Å². The molecule has 0 spiro atoms. The predicted molar refractivity (Wildman–Crippen MR) is 86.6 cm³/mol. The van der Waals surface area contributed by atoms with Crippen LogP contribution < -0.4 is 15.8 Å². The molecule has 1 amide bonds. The number of anilines is 1. The van der Waals surface area contributed by atoms with Crippen LogP contribution >= 0.6 is 12.4 Å². The molecule has 22 heavy (non-hydrogen) atoms. The van der Waals surface area contributed by atoms with Crippen molar-refractivity contribution in [1.29, 1.82) is 0 Å². The van der Waals surface area contributed by atoms with Crippen LogP contribution in [-0.4, -0.2) is 45.0 Å². The van der Waals surface area contributed by atoms with Crippen molar-refractivity contribution in [3.8, 4) is 5.75 Å². The van der Waals surface area contributed by atoms with Crippen molar-refractivity contribution in [2.24, 2.45) is 5.73 Å². The molecule has 0 radical (unpaired) electrons. The van der Waals surface area contributed by atoms with Crippen LogP contribution in [0.5, 0.6) is 5.75 Å². The summed E-state index contributed by atoms with van der Waals surface area (Å²) in [6, 6.07) is 7.26. The highest BCUT2D eigenvalue weighted by atomic mass is 35.5. The van der Waals surface area contributed by atoms with Gasteiger partial charge in [0.2, 0.25) is 0 Å². The van der Waals surface area contributed by atoms with E-state index in [0.717, 1.165) is 6.42 Å². The average Bonchev–Trinajstić information content (AvgIpc) is 2.97. The number of benzene rings is 1. The van der Waals surface area contributed by atoms with E-state index in [4.69, 9.17) is 19.9 Å². The molecule has 1 aromatic rings. The number of hydrogen-bond acceptors (Lipinski definition) is 5. The highest BCUT2D eigenvalue weighted by Crippen LogP contribution is 2.22. The van der Waals surface area contributed by atoms with Gasteiger partial charge in [-0.25, -0.2) is 0 Å². The van der Waals surface area contributed by atoms with E-state index >= 15 is 0 Å². The predicted octanol–water partition coefficient (Wildman–Crippen LogP) is 1.58. The Hall–Kier alpha value is -1.34. The van der Waals surface area contributed by atoms with Crippen molar-refractivity contribution in [3.05, 3.63) is 24.3 Å².